The van der Waals surface area contributed by atoms with Gasteiger partial charge in [-0.15, -0.1) is 0 Å². The summed E-state index contributed by atoms with van der Waals surface area (Å²) in [5.41, 5.74) is 2.51. The maximum absolute atomic E-state index is 3.43. The van der Waals surface area contributed by atoms with Crippen molar-refractivity contribution >= 4 is 22.7 Å². The first-order valence-corrected chi connectivity index (χ1v) is 6.46. The number of fused-ring (bicyclic) bond motifs is 1. The molecule has 2 aromatic carbocycles. The zero-order valence-electron chi connectivity index (χ0n) is 9.60. The van der Waals surface area contributed by atoms with E-state index in [9.17, 15) is 0 Å². The van der Waals surface area contributed by atoms with E-state index in [1.807, 2.05) is 0 Å². The number of aromatic amines is 1. The normalized spacial score (nSPS) is 10.9. The highest BCUT2D eigenvalue weighted by molar-refractivity contribution is 7.99. The Kier molecular flexibility index (Phi) is 2.65. The first kappa shape index (κ1) is 10.5. The molecule has 0 atom stereocenters. The quantitative estimate of drug-likeness (QED) is 0.689. The average Bonchev–Trinajstić information content (AvgIpc) is 2.74. The monoisotopic (exact) mass is 239 g/mol. The lowest BCUT2D eigenvalue weighted by Gasteiger charge is -2.02. The molecule has 0 saturated carbocycles. The van der Waals surface area contributed by atoms with Crippen LogP contribution in [0.2, 0.25) is 0 Å². The van der Waals surface area contributed by atoms with E-state index < -0.39 is 0 Å². The molecule has 1 N–H and O–H groups in total. The van der Waals surface area contributed by atoms with Crippen LogP contribution in [0.4, 0.5) is 0 Å². The first-order valence-electron chi connectivity index (χ1n) is 5.64. The fourth-order valence-electron chi connectivity index (χ4n) is 1.89. The molecule has 1 nitrogen and oxygen atoms in total. The maximum atomic E-state index is 3.43. The lowest BCUT2D eigenvalue weighted by atomic mass is 10.2. The minimum Gasteiger partial charge on any atom is -0.349 e. The Hall–Kier alpha value is -1.67. The molecule has 0 fully saturated rings. The highest BCUT2D eigenvalue weighted by Gasteiger charge is 2.03. The largest absolute Gasteiger partial charge is 0.349 e. The number of benzene rings is 2. The molecule has 0 spiro atoms. The Morgan fingerprint density at radius 2 is 1.71 bits per heavy atom. The third-order valence-electron chi connectivity index (χ3n) is 2.82. The molecule has 0 unspecified atom stereocenters. The van der Waals surface area contributed by atoms with Crippen LogP contribution in [0.1, 0.15) is 5.56 Å². The van der Waals surface area contributed by atoms with Crippen molar-refractivity contribution in [1.29, 1.82) is 0 Å². The second-order valence-corrected chi connectivity index (χ2v) is 5.17. The highest BCUT2D eigenvalue weighted by Crippen LogP contribution is 2.31. The topological polar surface area (TPSA) is 15.8 Å². The van der Waals surface area contributed by atoms with Gasteiger partial charge in [0.15, 0.2) is 0 Å². The number of aryl methyl sites for hydroxylation is 1. The van der Waals surface area contributed by atoms with Gasteiger partial charge in [-0.25, -0.2) is 0 Å². The zero-order valence-corrected chi connectivity index (χ0v) is 10.4. The van der Waals surface area contributed by atoms with Gasteiger partial charge in [-0.3, -0.25) is 0 Å². The second kappa shape index (κ2) is 4.30. The van der Waals surface area contributed by atoms with Crippen LogP contribution in [-0.4, -0.2) is 4.98 Å². The molecule has 0 saturated heterocycles. The molecule has 0 aliphatic carbocycles. The molecule has 17 heavy (non-hydrogen) atoms. The molecule has 84 valence electrons. The summed E-state index contributed by atoms with van der Waals surface area (Å²) in [6.45, 7) is 2.14. The Morgan fingerprint density at radius 3 is 2.53 bits per heavy atom. The van der Waals surface area contributed by atoms with Gasteiger partial charge >= 0.3 is 0 Å². The van der Waals surface area contributed by atoms with E-state index in [0.717, 1.165) is 0 Å². The van der Waals surface area contributed by atoms with Crippen LogP contribution in [0, 0.1) is 6.92 Å². The van der Waals surface area contributed by atoms with Crippen LogP contribution in [0.25, 0.3) is 10.9 Å². The third-order valence-corrected chi connectivity index (χ3v) is 3.94. The van der Waals surface area contributed by atoms with Gasteiger partial charge in [-0.05, 0) is 30.7 Å². The van der Waals surface area contributed by atoms with Gasteiger partial charge in [0.1, 0.15) is 0 Å². The summed E-state index contributed by atoms with van der Waals surface area (Å²) < 4.78 is 0. The van der Waals surface area contributed by atoms with E-state index >= 15 is 0 Å². The second-order valence-electron chi connectivity index (χ2n) is 4.09. The van der Waals surface area contributed by atoms with Gasteiger partial charge in [0.2, 0.25) is 0 Å². The summed E-state index contributed by atoms with van der Waals surface area (Å²) in [6.07, 6.45) is 0. The van der Waals surface area contributed by atoms with Crippen molar-refractivity contribution in [3.05, 3.63) is 60.2 Å². The van der Waals surface area contributed by atoms with Crippen LogP contribution in [0.15, 0.2) is 64.5 Å². The SMILES string of the molecule is Cc1ccccc1Sc1cc2ccccc2[nH]1. The van der Waals surface area contributed by atoms with Crippen molar-refractivity contribution in [2.75, 3.05) is 0 Å². The summed E-state index contributed by atoms with van der Waals surface area (Å²) >= 11 is 1.78. The Bertz CT molecular complexity index is 622. The van der Waals surface area contributed by atoms with Crippen molar-refractivity contribution in [2.24, 2.45) is 0 Å². The van der Waals surface area contributed by atoms with Crippen LogP contribution in [0.3, 0.4) is 0 Å². The number of nitrogens with one attached hydrogen (secondary N) is 1. The predicted molar refractivity (Wildman–Crippen MR) is 73.6 cm³/mol. The van der Waals surface area contributed by atoms with E-state index in [-0.39, 0.29) is 0 Å². The molecule has 0 bridgehead atoms. The van der Waals surface area contributed by atoms with Gasteiger partial charge in [-0.1, -0.05) is 48.2 Å². The van der Waals surface area contributed by atoms with Gasteiger partial charge in [0, 0.05) is 15.8 Å². The minimum absolute atomic E-state index is 1.19. The van der Waals surface area contributed by atoms with Crippen molar-refractivity contribution in [1.82, 2.24) is 4.98 Å². The maximum Gasteiger partial charge on any atom is 0.0780 e. The number of para-hydroxylation sites is 1. The van der Waals surface area contributed by atoms with Crippen LogP contribution < -0.4 is 0 Å². The van der Waals surface area contributed by atoms with E-state index in [4.69, 9.17) is 0 Å². The fourth-order valence-corrected chi connectivity index (χ4v) is 2.85. The van der Waals surface area contributed by atoms with Crippen molar-refractivity contribution in [3.8, 4) is 0 Å². The number of H-pyrrole nitrogens is 1. The Morgan fingerprint density at radius 1 is 0.941 bits per heavy atom. The van der Waals surface area contributed by atoms with E-state index in [2.05, 4.69) is 66.5 Å². The zero-order chi connectivity index (χ0) is 11.7. The predicted octanol–water partition coefficient (Wildman–Crippen LogP) is 4.63. The summed E-state index contributed by atoms with van der Waals surface area (Å²) in [6, 6.07) is 19.0. The molecule has 1 aromatic heterocycles. The van der Waals surface area contributed by atoms with Crippen molar-refractivity contribution in [3.63, 3.8) is 0 Å². The number of hydrogen-bond acceptors (Lipinski definition) is 1. The average molecular weight is 239 g/mol. The molecule has 0 aliphatic heterocycles. The van der Waals surface area contributed by atoms with Crippen LogP contribution in [0.5, 0.6) is 0 Å². The molecule has 0 amide bonds. The van der Waals surface area contributed by atoms with Crippen LogP contribution in [-0.2, 0) is 0 Å². The van der Waals surface area contributed by atoms with Gasteiger partial charge in [0.25, 0.3) is 0 Å². The summed E-state index contributed by atoms with van der Waals surface area (Å²) in [5.74, 6) is 0. The molecule has 1 heterocycles. The molecule has 3 rings (SSSR count). The summed E-state index contributed by atoms with van der Waals surface area (Å²) in [7, 11) is 0. The Labute approximate surface area is 105 Å². The van der Waals surface area contributed by atoms with Gasteiger partial charge in [-0.2, -0.15) is 0 Å². The molecule has 0 aliphatic rings. The molecule has 3 aromatic rings. The fraction of sp³-hybridized carbons (Fsp3) is 0.0667. The van der Waals surface area contributed by atoms with Gasteiger partial charge in [0.05, 0.1) is 5.03 Å². The number of hydrogen-bond donors (Lipinski definition) is 1. The summed E-state index contributed by atoms with van der Waals surface area (Å²) in [5, 5.41) is 2.46. The standard InChI is InChI=1S/C15H13NS/c1-11-6-2-5-9-14(11)17-15-10-12-7-3-4-8-13(12)16-15/h2-10,16H,1H3. The van der Waals surface area contributed by atoms with E-state index in [1.165, 1.54) is 26.4 Å². The third kappa shape index (κ3) is 2.08. The van der Waals surface area contributed by atoms with E-state index in [1.54, 1.807) is 11.8 Å². The molecule has 2 heteroatoms. The van der Waals surface area contributed by atoms with E-state index in [0.29, 0.717) is 0 Å². The molecule has 0 radical (unpaired) electrons. The van der Waals surface area contributed by atoms with Crippen molar-refractivity contribution in [2.45, 2.75) is 16.8 Å². The lowest BCUT2D eigenvalue weighted by Crippen LogP contribution is -1.78. The molecular formula is C15H13NS. The number of rotatable bonds is 2. The first-order chi connectivity index (χ1) is 8.33. The summed E-state index contributed by atoms with van der Waals surface area (Å²) in [4.78, 5) is 4.74. The minimum atomic E-state index is 1.19. The highest BCUT2D eigenvalue weighted by atomic mass is 32.2. The smallest absolute Gasteiger partial charge is 0.0780 e. The Balaban J connectivity index is 1.98. The van der Waals surface area contributed by atoms with Crippen LogP contribution >= 0.6 is 11.8 Å². The van der Waals surface area contributed by atoms with Gasteiger partial charge < -0.3 is 4.98 Å². The van der Waals surface area contributed by atoms with Crippen molar-refractivity contribution < 1.29 is 0 Å². The lowest BCUT2D eigenvalue weighted by molar-refractivity contribution is 1.22. The number of aromatic nitrogens is 1. The molecular weight excluding hydrogens is 226 g/mol.